The Hall–Kier alpha value is -0.590. The average Bonchev–Trinajstić information content (AvgIpc) is 2.85. The molecule has 0 aromatic carbocycles. The molecular formula is C12H21N3. The molecule has 2 aliphatic heterocycles. The molecule has 0 aromatic heterocycles. The minimum absolute atomic E-state index is 0.183. The Kier molecular flexibility index (Phi) is 3.61. The van der Waals surface area contributed by atoms with Gasteiger partial charge in [0.25, 0.3) is 0 Å². The summed E-state index contributed by atoms with van der Waals surface area (Å²) in [6.45, 7) is 7.95. The van der Waals surface area contributed by atoms with Crippen LogP contribution in [0.15, 0.2) is 0 Å². The van der Waals surface area contributed by atoms with E-state index in [1.165, 1.54) is 45.4 Å². The maximum atomic E-state index is 8.79. The smallest absolute Gasteiger partial charge is 0.0666 e. The van der Waals surface area contributed by atoms with Crippen molar-refractivity contribution < 1.29 is 0 Å². The van der Waals surface area contributed by atoms with E-state index in [1.807, 2.05) is 6.92 Å². The molecular weight excluding hydrogens is 186 g/mol. The highest BCUT2D eigenvalue weighted by molar-refractivity contribution is 4.89. The van der Waals surface area contributed by atoms with Crippen LogP contribution in [0.1, 0.15) is 26.2 Å². The molecule has 3 nitrogen and oxygen atoms in total. The zero-order chi connectivity index (χ0) is 10.7. The van der Waals surface area contributed by atoms with Gasteiger partial charge >= 0.3 is 0 Å². The fourth-order valence-electron chi connectivity index (χ4n) is 2.81. The first kappa shape index (κ1) is 10.9. The fourth-order valence-corrected chi connectivity index (χ4v) is 2.81. The number of nitrogens with zero attached hydrogens (tertiary/aromatic N) is 3. The van der Waals surface area contributed by atoms with Gasteiger partial charge in [0.1, 0.15) is 0 Å². The summed E-state index contributed by atoms with van der Waals surface area (Å²) in [5.41, 5.74) is 0. The Balaban J connectivity index is 1.76. The normalized spacial score (nSPS) is 30.5. The molecule has 2 fully saturated rings. The predicted molar refractivity (Wildman–Crippen MR) is 60.4 cm³/mol. The molecule has 0 spiro atoms. The van der Waals surface area contributed by atoms with Crippen molar-refractivity contribution in [2.24, 2.45) is 5.92 Å². The molecule has 0 bridgehead atoms. The van der Waals surface area contributed by atoms with Gasteiger partial charge in [-0.1, -0.05) is 0 Å². The van der Waals surface area contributed by atoms with Gasteiger partial charge in [-0.25, -0.2) is 0 Å². The third-order valence-electron chi connectivity index (χ3n) is 3.66. The second-order valence-electron chi connectivity index (χ2n) is 4.98. The standard InChI is InChI=1S/C12H21N3/c1-11(8-13)9-14-7-4-12(10-14)15-5-2-3-6-15/h11-12H,2-7,9-10H2,1H3. The highest BCUT2D eigenvalue weighted by Gasteiger charge is 2.29. The molecule has 2 rings (SSSR count). The van der Waals surface area contributed by atoms with Crippen molar-refractivity contribution in [3.8, 4) is 6.07 Å². The predicted octanol–water partition coefficient (Wildman–Crippen LogP) is 1.32. The molecule has 0 amide bonds. The topological polar surface area (TPSA) is 30.3 Å². The third-order valence-corrected chi connectivity index (χ3v) is 3.66. The fraction of sp³-hybridized carbons (Fsp3) is 0.917. The van der Waals surface area contributed by atoms with Crippen LogP contribution in [0.5, 0.6) is 0 Å². The largest absolute Gasteiger partial charge is 0.300 e. The zero-order valence-electron chi connectivity index (χ0n) is 9.65. The van der Waals surface area contributed by atoms with E-state index in [9.17, 15) is 0 Å². The van der Waals surface area contributed by atoms with Crippen molar-refractivity contribution >= 4 is 0 Å². The van der Waals surface area contributed by atoms with Crippen molar-refractivity contribution in [3.05, 3.63) is 0 Å². The van der Waals surface area contributed by atoms with Crippen LogP contribution >= 0.6 is 0 Å². The monoisotopic (exact) mass is 207 g/mol. The van der Waals surface area contributed by atoms with Gasteiger partial charge in [-0.15, -0.1) is 0 Å². The Bertz CT molecular complexity index is 240. The number of nitriles is 1. The van der Waals surface area contributed by atoms with Gasteiger partial charge in [-0.3, -0.25) is 4.90 Å². The summed E-state index contributed by atoms with van der Waals surface area (Å²) in [6.07, 6.45) is 4.06. The Morgan fingerprint density at radius 3 is 2.73 bits per heavy atom. The molecule has 0 saturated carbocycles. The number of hydrogen-bond donors (Lipinski definition) is 0. The highest BCUT2D eigenvalue weighted by atomic mass is 15.3. The van der Waals surface area contributed by atoms with E-state index in [1.54, 1.807) is 0 Å². The summed E-state index contributed by atoms with van der Waals surface area (Å²) < 4.78 is 0. The maximum absolute atomic E-state index is 8.79. The van der Waals surface area contributed by atoms with Crippen LogP contribution in [0.4, 0.5) is 0 Å². The number of likely N-dealkylation sites (tertiary alicyclic amines) is 2. The second kappa shape index (κ2) is 4.96. The van der Waals surface area contributed by atoms with Gasteiger partial charge in [0.15, 0.2) is 0 Å². The molecule has 15 heavy (non-hydrogen) atoms. The minimum Gasteiger partial charge on any atom is -0.300 e. The summed E-state index contributed by atoms with van der Waals surface area (Å²) in [6, 6.07) is 3.10. The molecule has 84 valence electrons. The van der Waals surface area contributed by atoms with Crippen molar-refractivity contribution in [2.75, 3.05) is 32.7 Å². The molecule has 2 aliphatic rings. The zero-order valence-corrected chi connectivity index (χ0v) is 9.65. The molecule has 2 atom stereocenters. The van der Waals surface area contributed by atoms with Gasteiger partial charge in [0, 0.05) is 19.1 Å². The molecule has 0 radical (unpaired) electrons. The van der Waals surface area contributed by atoms with Crippen LogP contribution < -0.4 is 0 Å². The maximum Gasteiger partial charge on any atom is 0.0666 e. The molecule has 0 aliphatic carbocycles. The minimum atomic E-state index is 0.183. The summed E-state index contributed by atoms with van der Waals surface area (Å²) in [5.74, 6) is 0.183. The van der Waals surface area contributed by atoms with Crippen molar-refractivity contribution in [1.29, 1.82) is 5.26 Å². The molecule has 2 saturated heterocycles. The second-order valence-corrected chi connectivity index (χ2v) is 4.98. The van der Waals surface area contributed by atoms with Gasteiger partial charge in [0.05, 0.1) is 12.0 Å². The van der Waals surface area contributed by atoms with E-state index >= 15 is 0 Å². The van der Waals surface area contributed by atoms with Crippen LogP contribution in [-0.2, 0) is 0 Å². The highest BCUT2D eigenvalue weighted by Crippen LogP contribution is 2.20. The van der Waals surface area contributed by atoms with E-state index in [0.29, 0.717) is 0 Å². The summed E-state index contributed by atoms with van der Waals surface area (Å²) in [7, 11) is 0. The summed E-state index contributed by atoms with van der Waals surface area (Å²) >= 11 is 0. The molecule has 2 unspecified atom stereocenters. The van der Waals surface area contributed by atoms with Crippen LogP contribution in [-0.4, -0.2) is 48.6 Å². The number of rotatable bonds is 3. The van der Waals surface area contributed by atoms with E-state index in [0.717, 1.165) is 12.6 Å². The molecule has 0 aromatic rings. The average molecular weight is 207 g/mol. The lowest BCUT2D eigenvalue weighted by atomic mass is 10.2. The Morgan fingerprint density at radius 2 is 2.07 bits per heavy atom. The van der Waals surface area contributed by atoms with Crippen LogP contribution in [0, 0.1) is 17.2 Å². The molecule has 0 N–H and O–H groups in total. The first-order chi connectivity index (χ1) is 7.29. The Morgan fingerprint density at radius 1 is 1.33 bits per heavy atom. The quantitative estimate of drug-likeness (QED) is 0.699. The van der Waals surface area contributed by atoms with E-state index in [-0.39, 0.29) is 5.92 Å². The van der Waals surface area contributed by atoms with Crippen LogP contribution in [0.25, 0.3) is 0 Å². The van der Waals surface area contributed by atoms with E-state index in [2.05, 4.69) is 15.9 Å². The summed E-state index contributed by atoms with van der Waals surface area (Å²) in [4.78, 5) is 5.09. The van der Waals surface area contributed by atoms with Crippen molar-refractivity contribution in [2.45, 2.75) is 32.2 Å². The third kappa shape index (κ3) is 2.70. The van der Waals surface area contributed by atoms with Gasteiger partial charge in [-0.05, 0) is 45.8 Å². The van der Waals surface area contributed by atoms with Gasteiger partial charge < -0.3 is 4.90 Å². The first-order valence-electron chi connectivity index (χ1n) is 6.15. The molecule has 2 heterocycles. The van der Waals surface area contributed by atoms with Crippen molar-refractivity contribution in [3.63, 3.8) is 0 Å². The molecule has 3 heteroatoms. The Labute approximate surface area is 92.7 Å². The SMILES string of the molecule is CC(C#N)CN1CCC(N2CCCC2)C1. The lowest BCUT2D eigenvalue weighted by Crippen LogP contribution is -2.36. The van der Waals surface area contributed by atoms with E-state index < -0.39 is 0 Å². The lowest BCUT2D eigenvalue weighted by molar-refractivity contribution is 0.227. The first-order valence-corrected chi connectivity index (χ1v) is 6.15. The summed E-state index contributed by atoms with van der Waals surface area (Å²) in [5, 5.41) is 8.79. The van der Waals surface area contributed by atoms with Crippen LogP contribution in [0.3, 0.4) is 0 Å². The van der Waals surface area contributed by atoms with Gasteiger partial charge in [-0.2, -0.15) is 5.26 Å². The van der Waals surface area contributed by atoms with Gasteiger partial charge in [0.2, 0.25) is 0 Å². The van der Waals surface area contributed by atoms with Crippen molar-refractivity contribution in [1.82, 2.24) is 9.80 Å². The lowest BCUT2D eigenvalue weighted by Gasteiger charge is -2.24. The van der Waals surface area contributed by atoms with E-state index in [4.69, 9.17) is 5.26 Å². The number of hydrogen-bond acceptors (Lipinski definition) is 3. The van der Waals surface area contributed by atoms with Crippen LogP contribution in [0.2, 0.25) is 0 Å².